The number of hydrogen-bond acceptors (Lipinski definition) is 4. The molecule has 3 aromatic rings. The lowest BCUT2D eigenvalue weighted by Gasteiger charge is -2.16. The normalized spacial score (nSPS) is 12.0. The highest BCUT2D eigenvalue weighted by molar-refractivity contribution is 5.94. The third-order valence-corrected chi connectivity index (χ3v) is 4.50. The van der Waals surface area contributed by atoms with Crippen LogP contribution in [0.15, 0.2) is 67.0 Å². The predicted molar refractivity (Wildman–Crippen MR) is 113 cm³/mol. The highest BCUT2D eigenvalue weighted by Gasteiger charge is 2.18. The van der Waals surface area contributed by atoms with Crippen LogP contribution >= 0.6 is 0 Å². The Labute approximate surface area is 174 Å². The van der Waals surface area contributed by atoms with Crippen LogP contribution < -0.4 is 10.2 Å². The van der Waals surface area contributed by atoms with E-state index in [0.29, 0.717) is 12.4 Å². The minimum Gasteiger partial charge on any atom is -0.349 e. The first-order chi connectivity index (χ1) is 14.5. The van der Waals surface area contributed by atoms with Gasteiger partial charge in [-0.05, 0) is 49.2 Å². The molecule has 1 amide bonds. The van der Waals surface area contributed by atoms with Crippen LogP contribution in [0.25, 0.3) is 6.08 Å². The SMILES string of the molecule is CC(C/C=C/c1ccc(N(C)c2ncccn2)cc1)NC(=O)c1c(F)cccc1F. The number of carbonyl (C=O) groups excluding carboxylic acids is 1. The highest BCUT2D eigenvalue weighted by atomic mass is 19.1. The zero-order chi connectivity index (χ0) is 21.5. The van der Waals surface area contributed by atoms with Crippen LogP contribution in [-0.4, -0.2) is 29.0 Å². The average Bonchev–Trinajstić information content (AvgIpc) is 2.74. The molecule has 0 spiro atoms. The zero-order valence-electron chi connectivity index (χ0n) is 16.7. The molecule has 7 heteroatoms. The van der Waals surface area contributed by atoms with Crippen molar-refractivity contribution in [3.05, 3.63) is 89.8 Å². The van der Waals surface area contributed by atoms with Crippen molar-refractivity contribution in [3.63, 3.8) is 0 Å². The Balaban J connectivity index is 1.55. The molecule has 1 unspecified atom stereocenters. The summed E-state index contributed by atoms with van der Waals surface area (Å²) in [6.07, 6.45) is 7.73. The minimum atomic E-state index is -0.874. The molecule has 0 aliphatic rings. The number of hydrogen-bond donors (Lipinski definition) is 1. The number of halogens is 2. The molecule has 0 saturated carbocycles. The first-order valence-corrected chi connectivity index (χ1v) is 9.48. The monoisotopic (exact) mass is 408 g/mol. The van der Waals surface area contributed by atoms with Gasteiger partial charge in [0.15, 0.2) is 0 Å². The molecule has 1 aromatic heterocycles. The van der Waals surface area contributed by atoms with Crippen LogP contribution in [0.2, 0.25) is 0 Å². The van der Waals surface area contributed by atoms with Crippen molar-refractivity contribution in [3.8, 4) is 0 Å². The molecule has 0 bridgehead atoms. The summed E-state index contributed by atoms with van der Waals surface area (Å²) in [5, 5.41) is 2.62. The fraction of sp³-hybridized carbons (Fsp3) is 0.174. The summed E-state index contributed by atoms with van der Waals surface area (Å²) < 4.78 is 27.4. The zero-order valence-corrected chi connectivity index (χ0v) is 16.7. The summed E-state index contributed by atoms with van der Waals surface area (Å²) in [6.45, 7) is 1.78. The Morgan fingerprint density at radius 1 is 1.07 bits per heavy atom. The first-order valence-electron chi connectivity index (χ1n) is 9.48. The number of nitrogens with zero attached hydrogens (tertiary/aromatic N) is 3. The van der Waals surface area contributed by atoms with E-state index < -0.39 is 23.1 Å². The molecule has 0 aliphatic heterocycles. The lowest BCUT2D eigenvalue weighted by molar-refractivity contribution is 0.0932. The molecular weight excluding hydrogens is 386 g/mol. The number of anilines is 2. The third kappa shape index (κ3) is 5.26. The number of amides is 1. The van der Waals surface area contributed by atoms with Gasteiger partial charge >= 0.3 is 0 Å². The molecule has 0 saturated heterocycles. The molecule has 5 nitrogen and oxygen atoms in total. The second-order valence-electron chi connectivity index (χ2n) is 6.81. The van der Waals surface area contributed by atoms with Crippen molar-refractivity contribution in [2.45, 2.75) is 19.4 Å². The van der Waals surface area contributed by atoms with Crippen LogP contribution in [0.1, 0.15) is 29.3 Å². The molecule has 0 fully saturated rings. The summed E-state index contributed by atoms with van der Waals surface area (Å²) in [7, 11) is 1.89. The van der Waals surface area contributed by atoms with Gasteiger partial charge in [-0.2, -0.15) is 0 Å². The predicted octanol–water partition coefficient (Wildman–Crippen LogP) is 4.74. The van der Waals surface area contributed by atoms with Gasteiger partial charge < -0.3 is 10.2 Å². The Morgan fingerprint density at radius 2 is 1.70 bits per heavy atom. The van der Waals surface area contributed by atoms with Crippen LogP contribution in [0.3, 0.4) is 0 Å². The molecule has 1 N–H and O–H groups in total. The van der Waals surface area contributed by atoms with Crippen molar-refractivity contribution in [2.75, 3.05) is 11.9 Å². The maximum absolute atomic E-state index is 13.7. The average molecular weight is 408 g/mol. The van der Waals surface area contributed by atoms with E-state index in [-0.39, 0.29) is 6.04 Å². The van der Waals surface area contributed by atoms with Crippen molar-refractivity contribution in [1.29, 1.82) is 0 Å². The highest BCUT2D eigenvalue weighted by Crippen LogP contribution is 2.20. The molecule has 1 atom stereocenters. The number of aromatic nitrogens is 2. The van der Waals surface area contributed by atoms with E-state index in [2.05, 4.69) is 15.3 Å². The Bertz CT molecular complexity index is 1000. The summed E-state index contributed by atoms with van der Waals surface area (Å²) >= 11 is 0. The molecule has 0 radical (unpaired) electrons. The van der Waals surface area contributed by atoms with Gasteiger partial charge in [0, 0.05) is 31.2 Å². The van der Waals surface area contributed by atoms with Gasteiger partial charge in [0.25, 0.3) is 5.91 Å². The van der Waals surface area contributed by atoms with Gasteiger partial charge in [-0.3, -0.25) is 4.79 Å². The van der Waals surface area contributed by atoms with Crippen LogP contribution in [0, 0.1) is 11.6 Å². The summed E-state index contributed by atoms with van der Waals surface area (Å²) in [6, 6.07) is 12.7. The number of nitrogens with one attached hydrogen (secondary N) is 1. The van der Waals surface area contributed by atoms with E-state index >= 15 is 0 Å². The van der Waals surface area contributed by atoms with Gasteiger partial charge in [0.1, 0.15) is 17.2 Å². The summed E-state index contributed by atoms with van der Waals surface area (Å²) in [5.74, 6) is -1.90. The van der Waals surface area contributed by atoms with Crippen LogP contribution in [-0.2, 0) is 0 Å². The van der Waals surface area contributed by atoms with E-state index in [1.165, 1.54) is 6.07 Å². The quantitative estimate of drug-likeness (QED) is 0.613. The molecule has 2 aromatic carbocycles. The lowest BCUT2D eigenvalue weighted by Crippen LogP contribution is -2.33. The Morgan fingerprint density at radius 3 is 2.33 bits per heavy atom. The minimum absolute atomic E-state index is 0.284. The summed E-state index contributed by atoms with van der Waals surface area (Å²) in [4.78, 5) is 22.4. The molecule has 3 rings (SSSR count). The van der Waals surface area contributed by atoms with E-state index in [9.17, 15) is 13.6 Å². The maximum atomic E-state index is 13.7. The topological polar surface area (TPSA) is 58.1 Å². The number of carbonyl (C=O) groups is 1. The van der Waals surface area contributed by atoms with E-state index in [1.807, 2.05) is 48.4 Å². The molecule has 30 heavy (non-hydrogen) atoms. The van der Waals surface area contributed by atoms with Crippen molar-refractivity contribution in [1.82, 2.24) is 15.3 Å². The molecule has 1 heterocycles. The van der Waals surface area contributed by atoms with Crippen molar-refractivity contribution >= 4 is 23.6 Å². The maximum Gasteiger partial charge on any atom is 0.257 e. The van der Waals surface area contributed by atoms with Gasteiger partial charge in [0.2, 0.25) is 5.95 Å². The Kier molecular flexibility index (Phi) is 6.85. The van der Waals surface area contributed by atoms with Crippen LogP contribution in [0.5, 0.6) is 0 Å². The van der Waals surface area contributed by atoms with Gasteiger partial charge in [-0.15, -0.1) is 0 Å². The third-order valence-electron chi connectivity index (χ3n) is 4.50. The van der Waals surface area contributed by atoms with Crippen LogP contribution in [0.4, 0.5) is 20.4 Å². The largest absolute Gasteiger partial charge is 0.349 e. The second kappa shape index (κ2) is 9.73. The standard InChI is InChI=1S/C23H22F2N4O/c1-16(28-22(30)21-19(24)8-4-9-20(21)25)6-3-7-17-10-12-18(13-11-17)29(2)23-26-14-5-15-27-23/h3-5,7-16H,6H2,1-2H3,(H,28,30)/b7-3+. The van der Waals surface area contributed by atoms with Crippen molar-refractivity contribution < 1.29 is 13.6 Å². The number of rotatable bonds is 7. The second-order valence-corrected chi connectivity index (χ2v) is 6.81. The van der Waals surface area contributed by atoms with Gasteiger partial charge in [-0.25, -0.2) is 18.7 Å². The molecule has 154 valence electrons. The fourth-order valence-electron chi connectivity index (χ4n) is 2.87. The van der Waals surface area contributed by atoms with E-state index in [4.69, 9.17) is 0 Å². The van der Waals surface area contributed by atoms with E-state index in [0.717, 1.165) is 23.4 Å². The molecular formula is C23H22F2N4O. The van der Waals surface area contributed by atoms with Gasteiger partial charge in [0.05, 0.1) is 0 Å². The summed E-state index contributed by atoms with van der Waals surface area (Å²) in [5.41, 5.74) is 1.38. The van der Waals surface area contributed by atoms with Gasteiger partial charge in [-0.1, -0.05) is 30.4 Å². The molecule has 0 aliphatic carbocycles. The van der Waals surface area contributed by atoms with Crippen molar-refractivity contribution in [2.24, 2.45) is 0 Å². The number of benzene rings is 2. The fourth-order valence-corrected chi connectivity index (χ4v) is 2.87. The van der Waals surface area contributed by atoms with E-state index in [1.54, 1.807) is 25.4 Å². The Hall–Kier alpha value is -3.61. The smallest absolute Gasteiger partial charge is 0.257 e. The first kappa shape index (κ1) is 21.1. The lowest BCUT2D eigenvalue weighted by atomic mass is 10.1.